The smallest absolute Gasteiger partial charge is 0.311 e. The predicted molar refractivity (Wildman–Crippen MR) is 50.1 cm³/mol. The van der Waals surface area contributed by atoms with E-state index < -0.39 is 12.6 Å². The molecule has 0 heterocycles. The van der Waals surface area contributed by atoms with Gasteiger partial charge in [-0.15, -0.1) is 0 Å². The zero-order valence-electron chi connectivity index (χ0n) is 8.69. The Balaban J connectivity index is 2.01. The summed E-state index contributed by atoms with van der Waals surface area (Å²) in [6, 6.07) is 0.767. The van der Waals surface area contributed by atoms with Crippen molar-refractivity contribution >= 4 is 0 Å². The molecule has 1 aliphatic rings. The van der Waals surface area contributed by atoms with Crippen LogP contribution in [0.3, 0.4) is 0 Å². The fraction of sp³-hybridized carbons (Fsp3) is 1.00. The van der Waals surface area contributed by atoms with Gasteiger partial charge in [0.05, 0.1) is 0 Å². The molecule has 1 nitrogen and oxygen atoms in total. The second-order valence-corrected chi connectivity index (χ2v) is 4.39. The summed E-state index contributed by atoms with van der Waals surface area (Å²) in [7, 11) is 0. The number of nitrogens with one attached hydrogen (secondary N) is 1. The van der Waals surface area contributed by atoms with Crippen molar-refractivity contribution < 1.29 is 13.2 Å². The topological polar surface area (TPSA) is 12.0 Å². The van der Waals surface area contributed by atoms with E-state index in [0.717, 1.165) is 0 Å². The zero-order chi connectivity index (χ0) is 10.8. The van der Waals surface area contributed by atoms with Gasteiger partial charge in [0.2, 0.25) is 0 Å². The van der Waals surface area contributed by atoms with Crippen molar-refractivity contribution in [2.24, 2.45) is 5.92 Å². The third-order valence-corrected chi connectivity index (χ3v) is 2.71. The van der Waals surface area contributed by atoms with Crippen LogP contribution in [-0.2, 0) is 0 Å². The molecule has 1 fully saturated rings. The summed E-state index contributed by atoms with van der Waals surface area (Å²) in [5.41, 5.74) is 0. The van der Waals surface area contributed by atoms with Crippen molar-refractivity contribution in [2.45, 2.75) is 57.8 Å². The number of hydrogen-bond donors (Lipinski definition) is 1. The summed E-state index contributed by atoms with van der Waals surface area (Å²) in [5.74, 6) is 0.708. The molecule has 0 bridgehead atoms. The van der Waals surface area contributed by atoms with Gasteiger partial charge < -0.3 is 5.32 Å². The Kier molecular flexibility index (Phi) is 3.81. The Morgan fingerprint density at radius 1 is 1.43 bits per heavy atom. The molecule has 1 aliphatic carbocycles. The molecule has 3 atom stereocenters. The van der Waals surface area contributed by atoms with Crippen LogP contribution in [0.4, 0.5) is 13.2 Å². The lowest BCUT2D eigenvalue weighted by Gasteiger charge is -2.13. The molecule has 14 heavy (non-hydrogen) atoms. The molecule has 1 saturated carbocycles. The predicted octanol–water partition coefficient (Wildman–Crippen LogP) is 3.11. The van der Waals surface area contributed by atoms with Crippen LogP contribution in [0.2, 0.25) is 0 Å². The van der Waals surface area contributed by atoms with E-state index in [1.54, 1.807) is 0 Å². The molecule has 0 radical (unpaired) electrons. The molecule has 0 spiro atoms. The van der Waals surface area contributed by atoms with E-state index in [2.05, 4.69) is 12.2 Å². The average molecular weight is 209 g/mol. The van der Waals surface area contributed by atoms with Gasteiger partial charge in [-0.2, -0.15) is 13.2 Å². The van der Waals surface area contributed by atoms with E-state index in [0.29, 0.717) is 18.4 Å². The lowest BCUT2D eigenvalue weighted by Crippen LogP contribution is -2.29. The van der Waals surface area contributed by atoms with Gasteiger partial charge >= 0.3 is 6.18 Å². The zero-order valence-corrected chi connectivity index (χ0v) is 8.69. The maximum absolute atomic E-state index is 11.8. The molecule has 1 N–H and O–H groups in total. The fourth-order valence-electron chi connectivity index (χ4n) is 1.61. The highest BCUT2D eigenvalue weighted by Crippen LogP contribution is 2.30. The third-order valence-electron chi connectivity index (χ3n) is 2.71. The maximum Gasteiger partial charge on any atom is 0.389 e. The van der Waals surface area contributed by atoms with Crippen LogP contribution >= 0.6 is 0 Å². The van der Waals surface area contributed by atoms with E-state index in [9.17, 15) is 13.2 Å². The molecule has 0 aromatic heterocycles. The Hall–Kier alpha value is -0.250. The molecule has 3 unspecified atom stereocenters. The lowest BCUT2D eigenvalue weighted by molar-refractivity contribution is -0.135. The van der Waals surface area contributed by atoms with Crippen LogP contribution in [0.15, 0.2) is 0 Å². The minimum atomic E-state index is -3.99. The van der Waals surface area contributed by atoms with Crippen LogP contribution < -0.4 is 5.32 Å². The van der Waals surface area contributed by atoms with Gasteiger partial charge in [-0.05, 0) is 32.1 Å². The van der Waals surface area contributed by atoms with E-state index in [-0.39, 0.29) is 12.5 Å². The highest BCUT2D eigenvalue weighted by molar-refractivity contribution is 4.91. The van der Waals surface area contributed by atoms with Crippen molar-refractivity contribution in [3.63, 3.8) is 0 Å². The summed E-state index contributed by atoms with van der Waals surface area (Å²) in [6.07, 6.45) is -2.63. The molecule has 4 heteroatoms. The van der Waals surface area contributed by atoms with E-state index >= 15 is 0 Å². The first kappa shape index (κ1) is 11.8. The van der Waals surface area contributed by atoms with Gasteiger partial charge in [-0.25, -0.2) is 0 Å². The molecule has 0 amide bonds. The molecular formula is C10H18F3N. The van der Waals surface area contributed by atoms with Gasteiger partial charge in [0.15, 0.2) is 0 Å². The van der Waals surface area contributed by atoms with E-state index in [1.807, 2.05) is 6.92 Å². The third kappa shape index (κ3) is 4.84. The molecular weight excluding hydrogens is 191 g/mol. The second kappa shape index (κ2) is 4.51. The van der Waals surface area contributed by atoms with Crippen molar-refractivity contribution in [1.29, 1.82) is 0 Å². The van der Waals surface area contributed by atoms with Gasteiger partial charge in [0.25, 0.3) is 0 Å². The van der Waals surface area contributed by atoms with Gasteiger partial charge in [-0.3, -0.25) is 0 Å². The second-order valence-electron chi connectivity index (χ2n) is 4.39. The normalized spacial score (nSPS) is 28.9. The van der Waals surface area contributed by atoms with Crippen LogP contribution in [0.1, 0.15) is 39.5 Å². The Labute approximate surface area is 83.1 Å². The van der Waals surface area contributed by atoms with E-state index in [4.69, 9.17) is 0 Å². The Morgan fingerprint density at radius 3 is 2.43 bits per heavy atom. The van der Waals surface area contributed by atoms with Crippen LogP contribution in [0.25, 0.3) is 0 Å². The standard InChI is InChI=1S/C10H18F3N/c1-7-6-9(7)14-8(2)4-3-5-10(11,12)13/h7-9,14H,3-6H2,1-2H3. The van der Waals surface area contributed by atoms with Crippen LogP contribution in [0, 0.1) is 5.92 Å². The molecule has 0 aliphatic heterocycles. The monoisotopic (exact) mass is 209 g/mol. The molecule has 0 aromatic carbocycles. The average Bonchev–Trinajstić information content (AvgIpc) is 2.63. The largest absolute Gasteiger partial charge is 0.389 e. The van der Waals surface area contributed by atoms with Crippen LogP contribution in [0.5, 0.6) is 0 Å². The lowest BCUT2D eigenvalue weighted by atomic mass is 10.1. The molecule has 0 saturated heterocycles. The highest BCUT2D eigenvalue weighted by Gasteiger charge is 2.33. The highest BCUT2D eigenvalue weighted by atomic mass is 19.4. The Bertz CT molecular complexity index is 179. The summed E-state index contributed by atoms with van der Waals surface area (Å²) < 4.78 is 35.5. The van der Waals surface area contributed by atoms with Crippen molar-refractivity contribution in [3.8, 4) is 0 Å². The van der Waals surface area contributed by atoms with E-state index in [1.165, 1.54) is 6.42 Å². The summed E-state index contributed by atoms with van der Waals surface area (Å²) in [4.78, 5) is 0. The first-order valence-corrected chi connectivity index (χ1v) is 5.21. The minimum Gasteiger partial charge on any atom is -0.311 e. The molecule has 84 valence electrons. The summed E-state index contributed by atoms with van der Waals surface area (Å²) in [5, 5.41) is 3.32. The van der Waals surface area contributed by atoms with Crippen LogP contribution in [-0.4, -0.2) is 18.3 Å². The first-order valence-electron chi connectivity index (χ1n) is 5.21. The first-order chi connectivity index (χ1) is 6.38. The number of alkyl halides is 3. The Morgan fingerprint density at radius 2 is 2.00 bits per heavy atom. The van der Waals surface area contributed by atoms with Crippen molar-refractivity contribution in [1.82, 2.24) is 5.32 Å². The minimum absolute atomic E-state index is 0.215. The number of hydrogen-bond acceptors (Lipinski definition) is 1. The molecule has 1 rings (SSSR count). The number of rotatable bonds is 5. The quantitative estimate of drug-likeness (QED) is 0.733. The SMILES string of the molecule is CC(CCCC(F)(F)F)NC1CC1C. The fourth-order valence-corrected chi connectivity index (χ4v) is 1.61. The summed E-state index contributed by atoms with van der Waals surface area (Å²) in [6.45, 7) is 4.11. The summed E-state index contributed by atoms with van der Waals surface area (Å²) >= 11 is 0. The number of halogens is 3. The van der Waals surface area contributed by atoms with Crippen molar-refractivity contribution in [3.05, 3.63) is 0 Å². The maximum atomic E-state index is 11.8. The molecule has 0 aromatic rings. The van der Waals surface area contributed by atoms with Crippen molar-refractivity contribution in [2.75, 3.05) is 0 Å². The van der Waals surface area contributed by atoms with Gasteiger partial charge in [0.1, 0.15) is 0 Å². The van der Waals surface area contributed by atoms with Gasteiger partial charge in [0, 0.05) is 18.5 Å². The van der Waals surface area contributed by atoms with Gasteiger partial charge in [-0.1, -0.05) is 6.92 Å².